The van der Waals surface area contributed by atoms with Crippen molar-refractivity contribution < 1.29 is 4.74 Å². The monoisotopic (exact) mass is 291 g/mol. The van der Waals surface area contributed by atoms with Crippen molar-refractivity contribution in [3.8, 4) is 5.95 Å². The van der Waals surface area contributed by atoms with E-state index in [4.69, 9.17) is 4.74 Å². The first-order valence-corrected chi connectivity index (χ1v) is 7.13. The van der Waals surface area contributed by atoms with Gasteiger partial charge in [-0.05, 0) is 13.3 Å². The lowest BCUT2D eigenvalue weighted by atomic mass is 10.5. The van der Waals surface area contributed by atoms with E-state index in [2.05, 4.69) is 37.5 Å². The van der Waals surface area contributed by atoms with Gasteiger partial charge in [0.2, 0.25) is 17.8 Å². The maximum absolute atomic E-state index is 5.29. The standard InChI is InChI=1S/C13H21N7O/c1-3-5-15-11-17-12(16-7-9-21-4-2)19-13(18-11)20-8-6-14-10-20/h6,8,10H,3-5,7,9H2,1-2H3,(H2,15,16,17,18,19). The van der Waals surface area contributed by atoms with Crippen molar-refractivity contribution in [2.45, 2.75) is 20.3 Å². The molecule has 0 aliphatic heterocycles. The Morgan fingerprint density at radius 2 is 1.86 bits per heavy atom. The van der Waals surface area contributed by atoms with Gasteiger partial charge in [0.1, 0.15) is 6.33 Å². The fraction of sp³-hybridized carbons (Fsp3) is 0.538. The Bertz CT molecular complexity index is 529. The summed E-state index contributed by atoms with van der Waals surface area (Å²) in [6.07, 6.45) is 6.14. The third-order valence-corrected chi connectivity index (χ3v) is 2.63. The van der Waals surface area contributed by atoms with Gasteiger partial charge in [0.05, 0.1) is 6.61 Å². The highest BCUT2D eigenvalue weighted by molar-refractivity contribution is 5.37. The molecule has 0 aromatic carbocycles. The number of anilines is 2. The molecule has 0 bridgehead atoms. The molecule has 8 nitrogen and oxygen atoms in total. The minimum absolute atomic E-state index is 0.520. The van der Waals surface area contributed by atoms with Gasteiger partial charge in [0, 0.05) is 32.1 Å². The van der Waals surface area contributed by atoms with Crippen LogP contribution in [0.4, 0.5) is 11.9 Å². The lowest BCUT2D eigenvalue weighted by Crippen LogP contribution is -2.15. The fourth-order valence-corrected chi connectivity index (χ4v) is 1.63. The van der Waals surface area contributed by atoms with Crippen LogP contribution in [-0.2, 0) is 4.74 Å². The summed E-state index contributed by atoms with van der Waals surface area (Å²) >= 11 is 0. The smallest absolute Gasteiger partial charge is 0.241 e. The van der Waals surface area contributed by atoms with Gasteiger partial charge >= 0.3 is 0 Å². The van der Waals surface area contributed by atoms with Crippen LogP contribution in [0.3, 0.4) is 0 Å². The van der Waals surface area contributed by atoms with Crippen LogP contribution in [0.1, 0.15) is 20.3 Å². The van der Waals surface area contributed by atoms with Gasteiger partial charge in [-0.2, -0.15) is 15.0 Å². The zero-order valence-corrected chi connectivity index (χ0v) is 12.4. The summed E-state index contributed by atoms with van der Waals surface area (Å²) in [6, 6.07) is 0. The van der Waals surface area contributed by atoms with E-state index in [0.29, 0.717) is 37.6 Å². The average molecular weight is 291 g/mol. The van der Waals surface area contributed by atoms with E-state index < -0.39 is 0 Å². The molecule has 0 aliphatic carbocycles. The van der Waals surface area contributed by atoms with Crippen molar-refractivity contribution in [1.29, 1.82) is 0 Å². The van der Waals surface area contributed by atoms with Crippen LogP contribution in [0, 0.1) is 0 Å². The Kier molecular flexibility index (Phi) is 5.89. The molecular weight excluding hydrogens is 270 g/mol. The molecule has 8 heteroatoms. The highest BCUT2D eigenvalue weighted by Crippen LogP contribution is 2.09. The first-order valence-electron chi connectivity index (χ1n) is 7.13. The Morgan fingerprint density at radius 1 is 1.10 bits per heavy atom. The van der Waals surface area contributed by atoms with Crippen molar-refractivity contribution in [2.24, 2.45) is 0 Å². The van der Waals surface area contributed by atoms with E-state index in [1.54, 1.807) is 23.3 Å². The second-order valence-electron chi connectivity index (χ2n) is 4.30. The van der Waals surface area contributed by atoms with Crippen LogP contribution in [0.2, 0.25) is 0 Å². The molecule has 0 atom stereocenters. The van der Waals surface area contributed by atoms with Crippen LogP contribution in [0.5, 0.6) is 0 Å². The number of hydrogen-bond donors (Lipinski definition) is 2. The maximum Gasteiger partial charge on any atom is 0.241 e. The number of hydrogen-bond acceptors (Lipinski definition) is 7. The molecule has 0 amide bonds. The molecule has 0 unspecified atom stereocenters. The topological polar surface area (TPSA) is 89.8 Å². The summed E-state index contributed by atoms with van der Waals surface area (Å²) in [4.78, 5) is 17.1. The molecule has 0 saturated carbocycles. The Balaban J connectivity index is 2.12. The first-order chi connectivity index (χ1) is 10.3. The van der Waals surface area contributed by atoms with E-state index in [1.807, 2.05) is 6.92 Å². The zero-order chi connectivity index (χ0) is 14.9. The van der Waals surface area contributed by atoms with E-state index in [-0.39, 0.29) is 0 Å². The minimum Gasteiger partial charge on any atom is -0.380 e. The number of nitrogens with zero attached hydrogens (tertiary/aromatic N) is 5. The Labute approximate surface area is 124 Å². The molecule has 0 spiro atoms. The molecule has 2 aromatic rings. The van der Waals surface area contributed by atoms with Crippen LogP contribution in [0.25, 0.3) is 5.95 Å². The molecular formula is C13H21N7O. The van der Waals surface area contributed by atoms with Crippen molar-refractivity contribution >= 4 is 11.9 Å². The molecule has 114 valence electrons. The Morgan fingerprint density at radius 3 is 2.48 bits per heavy atom. The molecule has 0 aliphatic rings. The van der Waals surface area contributed by atoms with Gasteiger partial charge < -0.3 is 15.4 Å². The lowest BCUT2D eigenvalue weighted by Gasteiger charge is -2.10. The third kappa shape index (κ3) is 4.67. The third-order valence-electron chi connectivity index (χ3n) is 2.63. The lowest BCUT2D eigenvalue weighted by molar-refractivity contribution is 0.158. The molecule has 2 heterocycles. The van der Waals surface area contributed by atoms with Crippen LogP contribution >= 0.6 is 0 Å². The highest BCUT2D eigenvalue weighted by atomic mass is 16.5. The van der Waals surface area contributed by atoms with Crippen molar-refractivity contribution in [3.05, 3.63) is 18.7 Å². The fourth-order valence-electron chi connectivity index (χ4n) is 1.63. The Hall–Kier alpha value is -2.22. The van der Waals surface area contributed by atoms with Crippen LogP contribution < -0.4 is 10.6 Å². The molecule has 2 rings (SSSR count). The molecule has 21 heavy (non-hydrogen) atoms. The van der Waals surface area contributed by atoms with Crippen LogP contribution in [0.15, 0.2) is 18.7 Å². The van der Waals surface area contributed by atoms with Crippen LogP contribution in [-0.4, -0.2) is 50.8 Å². The largest absolute Gasteiger partial charge is 0.380 e. The average Bonchev–Trinajstić information content (AvgIpc) is 3.04. The number of nitrogens with one attached hydrogen (secondary N) is 2. The summed E-state index contributed by atoms with van der Waals surface area (Å²) in [7, 11) is 0. The van der Waals surface area contributed by atoms with Crippen molar-refractivity contribution in [2.75, 3.05) is 36.9 Å². The summed E-state index contributed by atoms with van der Waals surface area (Å²) in [5, 5.41) is 6.31. The van der Waals surface area contributed by atoms with Gasteiger partial charge in [-0.3, -0.25) is 4.57 Å². The van der Waals surface area contributed by atoms with E-state index in [1.165, 1.54) is 0 Å². The highest BCUT2D eigenvalue weighted by Gasteiger charge is 2.07. The van der Waals surface area contributed by atoms with Gasteiger partial charge in [-0.25, -0.2) is 4.98 Å². The predicted molar refractivity (Wildman–Crippen MR) is 80.7 cm³/mol. The van der Waals surface area contributed by atoms with Crippen molar-refractivity contribution in [1.82, 2.24) is 24.5 Å². The molecule has 0 saturated heterocycles. The zero-order valence-electron chi connectivity index (χ0n) is 12.4. The number of rotatable bonds is 9. The molecule has 2 N–H and O–H groups in total. The summed E-state index contributed by atoms with van der Waals surface area (Å²) < 4.78 is 7.03. The van der Waals surface area contributed by atoms with E-state index in [0.717, 1.165) is 13.0 Å². The van der Waals surface area contributed by atoms with Gasteiger partial charge in [-0.1, -0.05) is 6.92 Å². The summed E-state index contributed by atoms with van der Waals surface area (Å²) in [6.45, 7) is 6.82. The quantitative estimate of drug-likeness (QED) is 0.673. The van der Waals surface area contributed by atoms with Crippen molar-refractivity contribution in [3.63, 3.8) is 0 Å². The number of aromatic nitrogens is 5. The molecule has 0 fully saturated rings. The predicted octanol–water partition coefficient (Wildman–Crippen LogP) is 1.33. The summed E-state index contributed by atoms with van der Waals surface area (Å²) in [5.41, 5.74) is 0. The van der Waals surface area contributed by atoms with Gasteiger partial charge in [0.25, 0.3) is 0 Å². The van der Waals surface area contributed by atoms with E-state index in [9.17, 15) is 0 Å². The number of ether oxygens (including phenoxy) is 1. The van der Waals surface area contributed by atoms with Gasteiger partial charge in [-0.15, -0.1) is 0 Å². The number of imidazole rings is 1. The second kappa shape index (κ2) is 8.15. The van der Waals surface area contributed by atoms with E-state index >= 15 is 0 Å². The second-order valence-corrected chi connectivity index (χ2v) is 4.30. The minimum atomic E-state index is 0.520. The molecule has 2 aromatic heterocycles. The van der Waals surface area contributed by atoms with Gasteiger partial charge in [0.15, 0.2) is 0 Å². The maximum atomic E-state index is 5.29. The normalized spacial score (nSPS) is 10.6. The molecule has 0 radical (unpaired) electrons. The summed E-state index contributed by atoms with van der Waals surface area (Å²) in [5.74, 6) is 1.60. The SMILES string of the molecule is CCCNc1nc(NCCOCC)nc(-n2ccnc2)n1. The first kappa shape index (κ1) is 15.2.